The van der Waals surface area contributed by atoms with Crippen molar-refractivity contribution in [2.45, 2.75) is 65.7 Å². The van der Waals surface area contributed by atoms with Crippen molar-refractivity contribution in [1.29, 1.82) is 0 Å². The molecule has 4 saturated carbocycles. The molecular formula is C22H30O4. The van der Waals surface area contributed by atoms with Gasteiger partial charge in [0, 0.05) is 25.2 Å². The molecule has 0 aromatic carbocycles. The van der Waals surface area contributed by atoms with Gasteiger partial charge in [0.15, 0.2) is 0 Å². The number of carbonyl (C=O) groups excluding carboxylic acids is 3. The molecule has 0 N–H and O–H groups in total. The monoisotopic (exact) mass is 358 g/mol. The predicted octanol–water partition coefficient (Wildman–Crippen LogP) is 3.88. The van der Waals surface area contributed by atoms with E-state index in [1.54, 1.807) is 0 Å². The van der Waals surface area contributed by atoms with Gasteiger partial charge in [-0.15, -0.1) is 0 Å². The SMILES string of the molecule is C=C1C[C@@]23C[C@@H]1CC[C@@H]2[C@@]1(C)CCC(=O)[C@@](C)(COC(C)=O)[C@@H]1CC3=O. The molecule has 0 amide bonds. The minimum absolute atomic E-state index is 0.0378. The van der Waals surface area contributed by atoms with Crippen LogP contribution in [-0.4, -0.2) is 24.1 Å². The van der Waals surface area contributed by atoms with Gasteiger partial charge in [-0.25, -0.2) is 0 Å². The van der Waals surface area contributed by atoms with E-state index in [1.165, 1.54) is 12.5 Å². The Morgan fingerprint density at radius 2 is 1.92 bits per heavy atom. The van der Waals surface area contributed by atoms with Crippen LogP contribution in [0.3, 0.4) is 0 Å². The fraction of sp³-hybridized carbons (Fsp3) is 0.773. The Morgan fingerprint density at radius 3 is 2.62 bits per heavy atom. The van der Waals surface area contributed by atoms with Crippen LogP contribution in [0.1, 0.15) is 65.7 Å². The summed E-state index contributed by atoms with van der Waals surface area (Å²) in [6, 6.07) is 0. The molecule has 6 atom stereocenters. The van der Waals surface area contributed by atoms with Crippen molar-refractivity contribution in [2.24, 2.45) is 34.0 Å². The van der Waals surface area contributed by atoms with E-state index in [1.807, 2.05) is 6.92 Å². The highest BCUT2D eigenvalue weighted by Crippen LogP contribution is 2.70. The van der Waals surface area contributed by atoms with E-state index in [0.29, 0.717) is 30.5 Å². The molecule has 1 spiro atoms. The minimum atomic E-state index is -0.748. The fourth-order valence-electron chi connectivity index (χ4n) is 7.25. The summed E-state index contributed by atoms with van der Waals surface area (Å²) in [4.78, 5) is 37.7. The number of hydrogen-bond acceptors (Lipinski definition) is 4. The Kier molecular flexibility index (Phi) is 3.81. The smallest absolute Gasteiger partial charge is 0.302 e. The number of ketones is 2. The lowest BCUT2D eigenvalue weighted by molar-refractivity contribution is -0.183. The molecule has 0 heterocycles. The number of hydrogen-bond donors (Lipinski definition) is 0. The first kappa shape index (κ1) is 17.9. The molecule has 0 aliphatic heterocycles. The zero-order valence-corrected chi connectivity index (χ0v) is 16.2. The maximum Gasteiger partial charge on any atom is 0.302 e. The number of allylic oxidation sites excluding steroid dienone is 1. The lowest BCUT2D eigenvalue weighted by Gasteiger charge is -2.62. The summed E-state index contributed by atoms with van der Waals surface area (Å²) in [7, 11) is 0. The van der Waals surface area contributed by atoms with Crippen molar-refractivity contribution >= 4 is 17.5 Å². The molecule has 26 heavy (non-hydrogen) atoms. The van der Waals surface area contributed by atoms with E-state index >= 15 is 0 Å². The van der Waals surface area contributed by atoms with Crippen LogP contribution in [0.2, 0.25) is 0 Å². The third-order valence-electron chi connectivity index (χ3n) is 8.61. The summed E-state index contributed by atoms with van der Waals surface area (Å²) < 4.78 is 5.31. The van der Waals surface area contributed by atoms with Crippen molar-refractivity contribution < 1.29 is 19.1 Å². The molecule has 0 aromatic rings. The molecule has 4 fully saturated rings. The molecule has 4 aliphatic rings. The minimum Gasteiger partial charge on any atom is -0.465 e. The van der Waals surface area contributed by atoms with Crippen molar-refractivity contribution in [1.82, 2.24) is 0 Å². The van der Waals surface area contributed by atoms with Gasteiger partial charge in [-0.05, 0) is 62.2 Å². The number of esters is 1. The van der Waals surface area contributed by atoms with E-state index < -0.39 is 5.41 Å². The quantitative estimate of drug-likeness (QED) is 0.555. The summed E-state index contributed by atoms with van der Waals surface area (Å²) >= 11 is 0. The van der Waals surface area contributed by atoms with Crippen LogP contribution in [0.5, 0.6) is 0 Å². The molecular weight excluding hydrogens is 328 g/mol. The number of carbonyl (C=O) groups is 3. The highest BCUT2D eigenvalue weighted by Gasteiger charge is 2.68. The second-order valence-corrected chi connectivity index (χ2v) is 9.83. The molecule has 0 aromatic heterocycles. The highest BCUT2D eigenvalue weighted by molar-refractivity contribution is 5.92. The Morgan fingerprint density at radius 1 is 1.19 bits per heavy atom. The molecule has 4 rings (SSSR count). The summed E-state index contributed by atoms with van der Waals surface area (Å²) in [5.41, 5.74) is 0.223. The number of Topliss-reactive ketones (excluding diaryl/α,β-unsaturated/α-hetero) is 2. The second kappa shape index (κ2) is 5.53. The first-order chi connectivity index (χ1) is 12.1. The van der Waals surface area contributed by atoms with Crippen LogP contribution in [-0.2, 0) is 19.1 Å². The van der Waals surface area contributed by atoms with Gasteiger partial charge in [0.25, 0.3) is 0 Å². The average molecular weight is 358 g/mol. The molecule has 0 unspecified atom stereocenters. The predicted molar refractivity (Wildman–Crippen MR) is 97.2 cm³/mol. The third kappa shape index (κ3) is 2.16. The highest BCUT2D eigenvalue weighted by atomic mass is 16.5. The van der Waals surface area contributed by atoms with Crippen molar-refractivity contribution in [3.63, 3.8) is 0 Å². The van der Waals surface area contributed by atoms with Gasteiger partial charge >= 0.3 is 5.97 Å². The van der Waals surface area contributed by atoms with Crippen LogP contribution in [0.4, 0.5) is 0 Å². The summed E-state index contributed by atoms with van der Waals surface area (Å²) in [6.07, 6.45) is 5.80. The Bertz CT molecular complexity index is 709. The van der Waals surface area contributed by atoms with Crippen molar-refractivity contribution in [3.05, 3.63) is 12.2 Å². The van der Waals surface area contributed by atoms with Gasteiger partial charge in [0.2, 0.25) is 0 Å². The Hall–Kier alpha value is -1.45. The Labute approximate surface area is 155 Å². The number of rotatable bonds is 2. The molecule has 2 bridgehead atoms. The molecule has 4 aliphatic carbocycles. The van der Waals surface area contributed by atoms with Crippen LogP contribution < -0.4 is 0 Å². The fourth-order valence-corrected chi connectivity index (χ4v) is 7.25. The van der Waals surface area contributed by atoms with Gasteiger partial charge < -0.3 is 4.74 Å². The van der Waals surface area contributed by atoms with Crippen molar-refractivity contribution in [2.75, 3.05) is 6.61 Å². The topological polar surface area (TPSA) is 60.4 Å². The summed E-state index contributed by atoms with van der Waals surface area (Å²) in [5.74, 6) is 0.905. The molecule has 142 valence electrons. The maximum absolute atomic E-state index is 13.4. The largest absolute Gasteiger partial charge is 0.465 e. The lowest BCUT2D eigenvalue weighted by atomic mass is 9.40. The number of ether oxygens (including phenoxy) is 1. The van der Waals surface area contributed by atoms with Gasteiger partial charge in [-0.2, -0.15) is 0 Å². The summed E-state index contributed by atoms with van der Waals surface area (Å²) in [5, 5.41) is 0. The lowest BCUT2D eigenvalue weighted by Crippen LogP contribution is -2.63. The first-order valence-corrected chi connectivity index (χ1v) is 10.0. The van der Waals surface area contributed by atoms with E-state index in [4.69, 9.17) is 4.74 Å². The van der Waals surface area contributed by atoms with Gasteiger partial charge in [0.1, 0.15) is 18.2 Å². The first-order valence-electron chi connectivity index (χ1n) is 10.0. The van der Waals surface area contributed by atoms with Crippen molar-refractivity contribution in [3.8, 4) is 0 Å². The molecule has 0 radical (unpaired) electrons. The van der Waals surface area contributed by atoms with Crippen LogP contribution >= 0.6 is 0 Å². The van der Waals surface area contributed by atoms with Crippen LogP contribution in [0.25, 0.3) is 0 Å². The standard InChI is InChI=1S/C22H30O4/c1-13-10-22-11-15(13)5-6-16(22)20(3)8-7-18(24)21(4,12-26-14(2)23)17(20)9-19(22)25/h15-17H,1,5-12H2,2-4H3/t15-,16+,17+,20+,21-,22+/m0/s1. The van der Waals surface area contributed by atoms with E-state index in [9.17, 15) is 14.4 Å². The summed E-state index contributed by atoms with van der Waals surface area (Å²) in [6.45, 7) is 9.97. The zero-order chi connectivity index (χ0) is 18.9. The zero-order valence-electron chi connectivity index (χ0n) is 16.2. The van der Waals surface area contributed by atoms with Gasteiger partial charge in [-0.1, -0.05) is 19.1 Å². The van der Waals surface area contributed by atoms with Crippen LogP contribution in [0.15, 0.2) is 12.2 Å². The van der Waals surface area contributed by atoms with E-state index in [-0.39, 0.29) is 35.1 Å². The Balaban J connectivity index is 1.74. The number of fused-ring (bicyclic) bond motifs is 3. The average Bonchev–Trinajstić information content (AvgIpc) is 2.83. The van der Waals surface area contributed by atoms with E-state index in [0.717, 1.165) is 32.1 Å². The molecule has 4 nitrogen and oxygen atoms in total. The van der Waals surface area contributed by atoms with Crippen LogP contribution in [0, 0.1) is 34.0 Å². The second-order valence-electron chi connectivity index (χ2n) is 9.83. The van der Waals surface area contributed by atoms with Gasteiger partial charge in [0.05, 0.1) is 5.41 Å². The third-order valence-corrected chi connectivity index (χ3v) is 8.61. The molecule has 4 heteroatoms. The molecule has 0 saturated heterocycles. The normalized spacial score (nSPS) is 47.3. The van der Waals surface area contributed by atoms with E-state index in [2.05, 4.69) is 13.5 Å². The maximum atomic E-state index is 13.4. The van der Waals surface area contributed by atoms with Gasteiger partial charge in [-0.3, -0.25) is 14.4 Å².